The number of rotatable bonds is 5. The highest BCUT2D eigenvalue weighted by Crippen LogP contribution is 2.26. The predicted octanol–water partition coefficient (Wildman–Crippen LogP) is 1.79. The second-order valence-corrected chi connectivity index (χ2v) is 6.50. The third kappa shape index (κ3) is 3.95. The zero-order chi connectivity index (χ0) is 19.4. The summed E-state index contributed by atoms with van der Waals surface area (Å²) in [7, 11) is 1.53. The SMILES string of the molecule is C/C=C(/NN1CCCCC1)[C@@H]1C(=O)NC(=O)N(c2ccc(OC)cc2)C1=O. The van der Waals surface area contributed by atoms with Crippen molar-refractivity contribution >= 4 is 23.5 Å². The molecule has 0 aliphatic carbocycles. The number of carbonyl (C=O) groups excluding carboxylic acids is 3. The van der Waals surface area contributed by atoms with Crippen LogP contribution in [0, 0.1) is 5.92 Å². The van der Waals surface area contributed by atoms with Gasteiger partial charge in [-0.1, -0.05) is 12.5 Å². The molecule has 2 heterocycles. The van der Waals surface area contributed by atoms with E-state index in [1.54, 1.807) is 37.3 Å². The number of hydrazine groups is 1. The number of hydrogen-bond donors (Lipinski definition) is 2. The maximum Gasteiger partial charge on any atom is 0.335 e. The van der Waals surface area contributed by atoms with Crippen LogP contribution in [-0.4, -0.2) is 43.1 Å². The number of nitrogens with one attached hydrogen (secondary N) is 2. The Balaban J connectivity index is 1.84. The highest BCUT2D eigenvalue weighted by atomic mass is 16.5. The first kappa shape index (κ1) is 18.9. The van der Waals surface area contributed by atoms with Crippen LogP contribution in [0.4, 0.5) is 10.5 Å². The van der Waals surface area contributed by atoms with Gasteiger partial charge in [-0.05, 0) is 44.0 Å². The van der Waals surface area contributed by atoms with Crippen molar-refractivity contribution in [1.82, 2.24) is 15.8 Å². The van der Waals surface area contributed by atoms with E-state index >= 15 is 0 Å². The molecule has 8 nitrogen and oxygen atoms in total. The number of anilines is 1. The van der Waals surface area contributed by atoms with E-state index in [4.69, 9.17) is 4.74 Å². The van der Waals surface area contributed by atoms with Crippen LogP contribution >= 0.6 is 0 Å². The van der Waals surface area contributed by atoms with Gasteiger partial charge in [-0.2, -0.15) is 0 Å². The second kappa shape index (κ2) is 8.22. The number of urea groups is 1. The third-order valence-electron chi connectivity index (χ3n) is 4.76. The Morgan fingerprint density at radius 2 is 1.81 bits per heavy atom. The molecule has 0 aromatic heterocycles. The van der Waals surface area contributed by atoms with Gasteiger partial charge >= 0.3 is 6.03 Å². The van der Waals surface area contributed by atoms with Gasteiger partial charge in [0.05, 0.1) is 12.8 Å². The van der Waals surface area contributed by atoms with Crippen molar-refractivity contribution in [2.45, 2.75) is 26.2 Å². The first-order chi connectivity index (χ1) is 13.0. The Morgan fingerprint density at radius 3 is 2.41 bits per heavy atom. The van der Waals surface area contributed by atoms with Gasteiger partial charge in [0.15, 0.2) is 5.92 Å². The quantitative estimate of drug-likeness (QED) is 0.766. The zero-order valence-electron chi connectivity index (χ0n) is 15.5. The molecule has 1 aromatic carbocycles. The Hall–Kier alpha value is -2.87. The lowest BCUT2D eigenvalue weighted by atomic mass is 9.99. The number of ether oxygens (including phenoxy) is 1. The summed E-state index contributed by atoms with van der Waals surface area (Å²) in [6, 6.07) is 5.78. The Labute approximate surface area is 158 Å². The minimum absolute atomic E-state index is 0.379. The summed E-state index contributed by atoms with van der Waals surface area (Å²) in [5.41, 5.74) is 4.05. The second-order valence-electron chi connectivity index (χ2n) is 6.50. The van der Waals surface area contributed by atoms with Crippen LogP contribution in [0.15, 0.2) is 36.0 Å². The van der Waals surface area contributed by atoms with E-state index in [9.17, 15) is 14.4 Å². The maximum atomic E-state index is 13.1. The molecule has 0 radical (unpaired) electrons. The monoisotopic (exact) mass is 372 g/mol. The van der Waals surface area contributed by atoms with E-state index in [2.05, 4.69) is 10.7 Å². The van der Waals surface area contributed by atoms with Gasteiger partial charge in [0, 0.05) is 18.8 Å². The minimum Gasteiger partial charge on any atom is -0.497 e. The number of methoxy groups -OCH3 is 1. The highest BCUT2D eigenvalue weighted by molar-refractivity contribution is 6.28. The molecule has 2 aliphatic rings. The molecule has 3 rings (SSSR count). The molecule has 144 valence electrons. The lowest BCUT2D eigenvalue weighted by molar-refractivity contribution is -0.133. The standard InChI is InChI=1S/C19H24N4O4/c1-3-15(21-22-11-5-4-6-12-22)16-17(24)20-19(26)23(18(16)25)13-7-9-14(27-2)10-8-13/h3,7-10,16,21H,4-6,11-12H2,1-2H3,(H,20,24,26)/b15-3+/t16-/m1/s1. The van der Waals surface area contributed by atoms with E-state index in [0.717, 1.165) is 30.8 Å². The molecule has 0 spiro atoms. The number of imide groups is 2. The zero-order valence-corrected chi connectivity index (χ0v) is 15.5. The van der Waals surface area contributed by atoms with Crippen LogP contribution in [0.25, 0.3) is 0 Å². The molecule has 1 atom stereocenters. The van der Waals surface area contributed by atoms with Gasteiger partial charge in [-0.3, -0.25) is 14.9 Å². The molecule has 0 unspecified atom stereocenters. The number of barbiturate groups is 1. The van der Waals surface area contributed by atoms with Crippen molar-refractivity contribution in [1.29, 1.82) is 0 Å². The van der Waals surface area contributed by atoms with E-state index in [1.807, 2.05) is 5.01 Å². The molecular weight excluding hydrogens is 348 g/mol. The average molecular weight is 372 g/mol. The predicted molar refractivity (Wildman–Crippen MR) is 99.8 cm³/mol. The normalized spacial score (nSPS) is 21.9. The molecule has 2 saturated heterocycles. The van der Waals surface area contributed by atoms with Crippen LogP contribution in [0.2, 0.25) is 0 Å². The molecule has 27 heavy (non-hydrogen) atoms. The lowest BCUT2D eigenvalue weighted by Crippen LogP contribution is -2.60. The van der Waals surface area contributed by atoms with Crippen molar-refractivity contribution in [2.75, 3.05) is 25.1 Å². The van der Waals surface area contributed by atoms with Crippen molar-refractivity contribution in [3.8, 4) is 5.75 Å². The van der Waals surface area contributed by atoms with E-state index in [0.29, 0.717) is 17.1 Å². The number of amides is 4. The summed E-state index contributed by atoms with van der Waals surface area (Å²) in [5.74, 6) is -1.69. The fourth-order valence-corrected chi connectivity index (χ4v) is 3.31. The van der Waals surface area contributed by atoms with Gasteiger partial charge in [0.25, 0.3) is 5.91 Å². The summed E-state index contributed by atoms with van der Waals surface area (Å²) in [6.07, 6.45) is 5.00. The largest absolute Gasteiger partial charge is 0.497 e. The van der Waals surface area contributed by atoms with Crippen LogP contribution < -0.4 is 20.4 Å². The van der Waals surface area contributed by atoms with Crippen molar-refractivity contribution in [3.63, 3.8) is 0 Å². The van der Waals surface area contributed by atoms with Crippen LogP contribution in [0.5, 0.6) is 5.75 Å². The van der Waals surface area contributed by atoms with E-state index in [-0.39, 0.29) is 0 Å². The van der Waals surface area contributed by atoms with Gasteiger partial charge in [-0.15, -0.1) is 0 Å². The molecular formula is C19H24N4O4. The third-order valence-corrected chi connectivity index (χ3v) is 4.76. The summed E-state index contributed by atoms with van der Waals surface area (Å²) in [4.78, 5) is 38.8. The molecule has 1 aromatic rings. The molecule has 0 saturated carbocycles. The number of nitrogens with zero attached hydrogens (tertiary/aromatic N) is 2. The van der Waals surface area contributed by atoms with Crippen LogP contribution in [0.1, 0.15) is 26.2 Å². The first-order valence-corrected chi connectivity index (χ1v) is 9.06. The summed E-state index contributed by atoms with van der Waals surface area (Å²) in [6.45, 7) is 3.46. The Kier molecular flexibility index (Phi) is 5.75. The van der Waals surface area contributed by atoms with Crippen LogP contribution in [0.3, 0.4) is 0 Å². The van der Waals surface area contributed by atoms with Gasteiger partial charge in [0.1, 0.15) is 5.75 Å². The van der Waals surface area contributed by atoms with Crippen molar-refractivity contribution in [3.05, 3.63) is 36.0 Å². The highest BCUT2D eigenvalue weighted by Gasteiger charge is 2.43. The Morgan fingerprint density at radius 1 is 1.15 bits per heavy atom. The van der Waals surface area contributed by atoms with Crippen molar-refractivity contribution in [2.24, 2.45) is 5.92 Å². The number of carbonyl (C=O) groups is 3. The average Bonchev–Trinajstić information content (AvgIpc) is 2.68. The topological polar surface area (TPSA) is 91.0 Å². The number of allylic oxidation sites excluding steroid dienone is 1. The van der Waals surface area contributed by atoms with Crippen molar-refractivity contribution < 1.29 is 19.1 Å². The van der Waals surface area contributed by atoms with Gasteiger partial charge in [0.2, 0.25) is 5.91 Å². The van der Waals surface area contributed by atoms with E-state index in [1.165, 1.54) is 13.5 Å². The van der Waals surface area contributed by atoms with E-state index < -0.39 is 23.8 Å². The molecule has 0 bridgehead atoms. The fourth-order valence-electron chi connectivity index (χ4n) is 3.31. The number of benzene rings is 1. The molecule has 2 fully saturated rings. The smallest absolute Gasteiger partial charge is 0.335 e. The molecule has 8 heteroatoms. The maximum absolute atomic E-state index is 13.1. The number of piperidine rings is 1. The van der Waals surface area contributed by atoms with Gasteiger partial charge < -0.3 is 10.2 Å². The lowest BCUT2D eigenvalue weighted by Gasteiger charge is -2.35. The molecule has 4 amide bonds. The first-order valence-electron chi connectivity index (χ1n) is 9.06. The summed E-state index contributed by atoms with van der Waals surface area (Å²) >= 11 is 0. The molecule has 2 aliphatic heterocycles. The summed E-state index contributed by atoms with van der Waals surface area (Å²) in [5, 5.41) is 4.29. The fraction of sp³-hybridized carbons (Fsp3) is 0.421. The minimum atomic E-state index is -1.10. The van der Waals surface area contributed by atoms with Gasteiger partial charge in [-0.25, -0.2) is 14.7 Å². The molecule has 2 N–H and O–H groups in total. The number of hydrogen-bond acceptors (Lipinski definition) is 6. The van der Waals surface area contributed by atoms with Crippen LogP contribution in [-0.2, 0) is 9.59 Å². The Bertz CT molecular complexity index is 753. The summed E-state index contributed by atoms with van der Waals surface area (Å²) < 4.78 is 5.11.